The third-order valence-electron chi connectivity index (χ3n) is 5.17. The number of hydrogen-bond acceptors (Lipinski definition) is 5. The van der Waals surface area contributed by atoms with Crippen LogP contribution in [0.5, 0.6) is 0 Å². The van der Waals surface area contributed by atoms with E-state index < -0.39 is 0 Å². The van der Waals surface area contributed by atoms with Crippen molar-refractivity contribution in [3.63, 3.8) is 0 Å². The van der Waals surface area contributed by atoms with Crippen LogP contribution in [0.25, 0.3) is 0 Å². The van der Waals surface area contributed by atoms with Crippen molar-refractivity contribution < 1.29 is 9.53 Å². The third-order valence-corrected chi connectivity index (χ3v) is 5.17. The summed E-state index contributed by atoms with van der Waals surface area (Å²) in [4.78, 5) is 14.8. The van der Waals surface area contributed by atoms with Crippen LogP contribution in [0.15, 0.2) is 53.6 Å². The van der Waals surface area contributed by atoms with Gasteiger partial charge in [0.1, 0.15) is 0 Å². The number of rotatable bonds is 5. The Morgan fingerprint density at radius 2 is 1.68 bits per heavy atom. The number of carbonyl (C=O) groups is 1. The monoisotopic (exact) mass is 378 g/mol. The fourth-order valence-corrected chi connectivity index (χ4v) is 3.48. The lowest BCUT2D eigenvalue weighted by Gasteiger charge is -2.28. The van der Waals surface area contributed by atoms with Crippen LogP contribution in [0.1, 0.15) is 29.3 Å². The second-order valence-corrected chi connectivity index (χ2v) is 7.20. The minimum Gasteiger partial charge on any atom is -0.378 e. The smallest absolute Gasteiger partial charge is 0.251 e. The molecule has 2 heterocycles. The average molecular weight is 378 g/mol. The van der Waals surface area contributed by atoms with E-state index in [1.54, 1.807) is 0 Å². The maximum absolute atomic E-state index is 12.4. The normalized spacial score (nSPS) is 16.8. The number of nitrogens with zero attached hydrogens (tertiary/aromatic N) is 3. The van der Waals surface area contributed by atoms with E-state index in [4.69, 9.17) is 4.74 Å². The molecule has 1 N–H and O–H groups in total. The maximum Gasteiger partial charge on any atom is 0.251 e. The molecule has 2 aliphatic rings. The minimum absolute atomic E-state index is 0.0649. The van der Waals surface area contributed by atoms with Gasteiger partial charge in [0, 0.05) is 49.6 Å². The highest BCUT2D eigenvalue weighted by atomic mass is 16.5. The lowest BCUT2D eigenvalue weighted by atomic mass is 10.1. The van der Waals surface area contributed by atoms with Crippen LogP contribution in [0, 0.1) is 0 Å². The number of anilines is 2. The number of carbonyl (C=O) groups excluding carboxylic acids is 1. The largest absolute Gasteiger partial charge is 0.378 e. The van der Waals surface area contributed by atoms with Crippen molar-refractivity contribution in [3.8, 4) is 0 Å². The zero-order valence-electron chi connectivity index (χ0n) is 16.2. The second-order valence-electron chi connectivity index (χ2n) is 7.20. The summed E-state index contributed by atoms with van der Waals surface area (Å²) in [6, 6.07) is 16.0. The van der Waals surface area contributed by atoms with Crippen LogP contribution in [-0.2, 0) is 11.3 Å². The molecule has 2 aromatic carbocycles. The molecule has 6 nitrogen and oxygen atoms in total. The number of morpholine rings is 1. The summed E-state index contributed by atoms with van der Waals surface area (Å²) in [6.45, 7) is 6.86. The predicted molar refractivity (Wildman–Crippen MR) is 112 cm³/mol. The molecule has 0 bridgehead atoms. The van der Waals surface area contributed by atoms with Crippen molar-refractivity contribution >= 4 is 23.0 Å². The van der Waals surface area contributed by atoms with Gasteiger partial charge in [-0.3, -0.25) is 9.80 Å². The summed E-state index contributed by atoms with van der Waals surface area (Å²) in [5.41, 5.74) is 5.11. The van der Waals surface area contributed by atoms with E-state index in [9.17, 15) is 4.79 Å². The maximum atomic E-state index is 12.4. The zero-order chi connectivity index (χ0) is 19.3. The van der Waals surface area contributed by atoms with Crippen molar-refractivity contribution in [2.24, 2.45) is 5.10 Å². The first-order chi connectivity index (χ1) is 13.7. The van der Waals surface area contributed by atoms with Crippen molar-refractivity contribution in [1.82, 2.24) is 5.32 Å². The highest BCUT2D eigenvalue weighted by Gasteiger charge is 2.14. The number of benzene rings is 2. The van der Waals surface area contributed by atoms with Crippen LogP contribution in [0.4, 0.5) is 11.4 Å². The third kappa shape index (κ3) is 4.34. The molecule has 1 amide bonds. The standard InChI is InChI=1S/C22H26N4O2/c1-17-10-11-26(24-17)21-8-4-19(5-9-21)22(27)23-16-18-2-6-20(7-3-18)25-12-14-28-15-13-25/h2-9H,10-16H2,1H3,(H,23,27). The molecular formula is C22H26N4O2. The Hall–Kier alpha value is -2.86. The minimum atomic E-state index is -0.0649. The van der Waals surface area contributed by atoms with Crippen LogP contribution in [-0.4, -0.2) is 44.5 Å². The molecule has 6 heteroatoms. The Balaban J connectivity index is 1.31. The number of hydrogen-bond donors (Lipinski definition) is 1. The van der Waals surface area contributed by atoms with Gasteiger partial charge in [0.25, 0.3) is 5.91 Å². The van der Waals surface area contributed by atoms with E-state index in [0.717, 1.165) is 56.2 Å². The van der Waals surface area contributed by atoms with Gasteiger partial charge in [-0.15, -0.1) is 0 Å². The van der Waals surface area contributed by atoms with Crippen LogP contribution in [0.2, 0.25) is 0 Å². The average Bonchev–Trinajstić information content (AvgIpc) is 3.19. The summed E-state index contributed by atoms with van der Waals surface area (Å²) in [6.07, 6.45) is 0.993. The van der Waals surface area contributed by atoms with E-state index in [2.05, 4.69) is 39.6 Å². The molecule has 1 fully saturated rings. The molecule has 28 heavy (non-hydrogen) atoms. The van der Waals surface area contributed by atoms with Gasteiger partial charge < -0.3 is 15.0 Å². The molecule has 4 rings (SSSR count). The molecule has 0 unspecified atom stereocenters. The molecule has 0 spiro atoms. The summed E-state index contributed by atoms with van der Waals surface area (Å²) >= 11 is 0. The van der Waals surface area contributed by atoms with Crippen LogP contribution in [0.3, 0.4) is 0 Å². The summed E-state index contributed by atoms with van der Waals surface area (Å²) in [7, 11) is 0. The van der Waals surface area contributed by atoms with Gasteiger partial charge in [-0.05, 0) is 48.9 Å². The highest BCUT2D eigenvalue weighted by Crippen LogP contribution is 2.20. The first-order valence-corrected chi connectivity index (χ1v) is 9.80. The number of amides is 1. The van der Waals surface area contributed by atoms with Crippen molar-refractivity contribution in [2.45, 2.75) is 19.9 Å². The van der Waals surface area contributed by atoms with E-state index in [-0.39, 0.29) is 5.91 Å². The van der Waals surface area contributed by atoms with Gasteiger partial charge in [0.05, 0.1) is 18.9 Å². The second kappa shape index (κ2) is 8.44. The summed E-state index contributed by atoms with van der Waals surface area (Å²) < 4.78 is 5.39. The van der Waals surface area contributed by atoms with E-state index in [1.165, 1.54) is 5.69 Å². The Bertz CT molecular complexity index is 840. The van der Waals surface area contributed by atoms with Crippen LogP contribution >= 0.6 is 0 Å². The first-order valence-electron chi connectivity index (χ1n) is 9.80. The van der Waals surface area contributed by atoms with Gasteiger partial charge in [0.15, 0.2) is 0 Å². The highest BCUT2D eigenvalue weighted by molar-refractivity contribution is 5.94. The summed E-state index contributed by atoms with van der Waals surface area (Å²) in [5.74, 6) is -0.0649. The Kier molecular flexibility index (Phi) is 5.58. The first kappa shape index (κ1) is 18.5. The van der Waals surface area contributed by atoms with E-state index in [1.807, 2.05) is 36.2 Å². The van der Waals surface area contributed by atoms with Gasteiger partial charge in [-0.2, -0.15) is 5.10 Å². The quantitative estimate of drug-likeness (QED) is 0.869. The molecule has 0 aromatic heterocycles. The van der Waals surface area contributed by atoms with Gasteiger partial charge >= 0.3 is 0 Å². The summed E-state index contributed by atoms with van der Waals surface area (Å²) in [5, 5.41) is 9.46. The number of hydrazone groups is 1. The van der Waals surface area contributed by atoms with Gasteiger partial charge in [0.2, 0.25) is 0 Å². The van der Waals surface area contributed by atoms with Crippen molar-refractivity contribution in [2.75, 3.05) is 42.8 Å². The molecule has 0 radical (unpaired) electrons. The molecule has 1 saturated heterocycles. The van der Waals surface area contributed by atoms with Gasteiger partial charge in [-0.25, -0.2) is 0 Å². The lowest BCUT2D eigenvalue weighted by molar-refractivity contribution is 0.0951. The van der Waals surface area contributed by atoms with Crippen LogP contribution < -0.4 is 15.2 Å². The Labute approximate surface area is 165 Å². The van der Waals surface area contributed by atoms with Crippen molar-refractivity contribution in [3.05, 3.63) is 59.7 Å². The lowest BCUT2D eigenvalue weighted by Crippen LogP contribution is -2.36. The molecule has 2 aromatic rings. The fourth-order valence-electron chi connectivity index (χ4n) is 3.48. The van der Waals surface area contributed by atoms with E-state index >= 15 is 0 Å². The zero-order valence-corrected chi connectivity index (χ0v) is 16.2. The Morgan fingerprint density at radius 3 is 2.32 bits per heavy atom. The van der Waals surface area contributed by atoms with Crippen molar-refractivity contribution in [1.29, 1.82) is 0 Å². The van der Waals surface area contributed by atoms with Gasteiger partial charge in [-0.1, -0.05) is 12.1 Å². The fraction of sp³-hybridized carbons (Fsp3) is 0.364. The molecule has 146 valence electrons. The molecule has 0 atom stereocenters. The Morgan fingerprint density at radius 1 is 1.00 bits per heavy atom. The topological polar surface area (TPSA) is 57.2 Å². The predicted octanol–water partition coefficient (Wildman–Crippen LogP) is 3.04. The molecule has 0 saturated carbocycles. The van der Waals surface area contributed by atoms with E-state index in [0.29, 0.717) is 12.1 Å². The molecule has 0 aliphatic carbocycles. The SMILES string of the molecule is CC1=NN(c2ccc(C(=O)NCc3ccc(N4CCOCC4)cc3)cc2)CC1. The molecular weight excluding hydrogens is 352 g/mol. The number of nitrogens with one attached hydrogen (secondary N) is 1. The molecule has 2 aliphatic heterocycles. The number of ether oxygens (including phenoxy) is 1.